The van der Waals surface area contributed by atoms with Gasteiger partial charge in [-0.2, -0.15) is 0 Å². The summed E-state index contributed by atoms with van der Waals surface area (Å²) in [6, 6.07) is 7.51. The average molecular weight is 614 g/mol. The number of carbonyl (C=O) groups excluding carboxylic acids is 2. The molecular weight excluding hydrogens is 580 g/mol. The molecule has 0 saturated heterocycles. The van der Waals surface area contributed by atoms with Crippen LogP contribution in [0.1, 0.15) is 53.0 Å². The van der Waals surface area contributed by atoms with Gasteiger partial charge in [-0.25, -0.2) is 0 Å². The molecule has 1 aromatic heterocycles. The Morgan fingerprint density at radius 3 is 2.39 bits per heavy atom. The van der Waals surface area contributed by atoms with Crippen molar-refractivity contribution < 1.29 is 30.7 Å². The second-order valence-corrected chi connectivity index (χ2v) is 9.56. The molecule has 0 aliphatic carbocycles. The molecule has 170 valence electrons. The van der Waals surface area contributed by atoms with Gasteiger partial charge in [-0.3, -0.25) is 9.59 Å². The van der Waals surface area contributed by atoms with Gasteiger partial charge in [0.25, 0.3) is 0 Å². The van der Waals surface area contributed by atoms with E-state index in [-0.39, 0.29) is 51.3 Å². The van der Waals surface area contributed by atoms with Crippen LogP contribution in [0, 0.1) is 5.41 Å². The number of benzene rings is 1. The molecule has 0 radical (unpaired) electrons. The quantitative estimate of drug-likeness (QED) is 0.308. The molecule has 8 heteroatoms. The van der Waals surface area contributed by atoms with Crippen LogP contribution in [0.3, 0.4) is 0 Å². The minimum atomic E-state index is -0.520. The molecule has 0 bridgehead atoms. The van der Waals surface area contributed by atoms with Gasteiger partial charge in [-0.05, 0) is 18.1 Å². The molecule has 2 rings (SSSR count). The standard InChI is InChI=1S/C23H34N4O2S.W/c1-14(2)26-18(10-11-20(24)28)22(30)27-19(21(29)23(3,4)5)12-15-13-25-17-9-7-6-8-16(15)17;/h6-9,13-14,18-19,25-26H,10-12H2,1-5H3,(H2,24,28)(H,27,30);/t18-,19?;/m0./s1. The number of aromatic amines is 1. The van der Waals surface area contributed by atoms with Crippen molar-refractivity contribution in [3.05, 3.63) is 36.0 Å². The molecular formula is C23H34N4O2SW. The van der Waals surface area contributed by atoms with Crippen LogP contribution in [0.4, 0.5) is 0 Å². The number of ketones is 1. The fraction of sp³-hybridized carbons (Fsp3) is 0.522. The van der Waals surface area contributed by atoms with Crippen LogP contribution in [-0.2, 0) is 37.1 Å². The van der Waals surface area contributed by atoms with Gasteiger partial charge < -0.3 is 21.4 Å². The van der Waals surface area contributed by atoms with E-state index >= 15 is 0 Å². The number of hydrogen-bond donors (Lipinski definition) is 4. The summed E-state index contributed by atoms with van der Waals surface area (Å²) < 4.78 is 0. The van der Waals surface area contributed by atoms with Crippen LogP contribution in [0.5, 0.6) is 0 Å². The first kappa shape index (κ1) is 27.5. The van der Waals surface area contributed by atoms with Crippen molar-refractivity contribution in [2.45, 2.75) is 72.0 Å². The number of carbonyl (C=O) groups is 2. The number of Topliss-reactive ketones (excluding diaryl/α,β-unsaturated/α-hetero) is 1. The summed E-state index contributed by atoms with van der Waals surface area (Å²) in [4.78, 5) is 28.3. The Kier molecular flexibility index (Phi) is 10.5. The van der Waals surface area contributed by atoms with Crippen LogP contribution in [0.15, 0.2) is 30.5 Å². The normalized spacial score (nSPS) is 13.5. The molecule has 6 nitrogen and oxygen atoms in total. The van der Waals surface area contributed by atoms with Gasteiger partial charge in [0.05, 0.1) is 17.1 Å². The minimum absolute atomic E-state index is 0. The molecule has 0 fully saturated rings. The number of thiocarbonyl (C=S) groups is 1. The van der Waals surface area contributed by atoms with Crippen molar-refractivity contribution in [3.8, 4) is 0 Å². The van der Waals surface area contributed by atoms with Crippen molar-refractivity contribution in [2.24, 2.45) is 11.1 Å². The fourth-order valence-corrected chi connectivity index (χ4v) is 3.83. The van der Waals surface area contributed by atoms with Crippen molar-refractivity contribution in [2.75, 3.05) is 0 Å². The first-order valence-corrected chi connectivity index (χ1v) is 10.8. The van der Waals surface area contributed by atoms with Gasteiger partial charge in [0.15, 0.2) is 5.78 Å². The number of rotatable bonds is 10. The number of H-pyrrole nitrogens is 1. The largest absolute Gasteiger partial charge is 0.370 e. The molecule has 0 saturated carbocycles. The van der Waals surface area contributed by atoms with E-state index in [4.69, 9.17) is 18.0 Å². The van der Waals surface area contributed by atoms with E-state index < -0.39 is 11.5 Å². The summed E-state index contributed by atoms with van der Waals surface area (Å²) in [6.07, 6.45) is 3.19. The maximum absolute atomic E-state index is 13.2. The predicted octanol–water partition coefficient (Wildman–Crippen LogP) is 3.24. The summed E-state index contributed by atoms with van der Waals surface area (Å²) >= 11 is 5.67. The molecule has 1 unspecified atom stereocenters. The fourth-order valence-electron chi connectivity index (χ4n) is 3.50. The SMILES string of the molecule is CC(C)N[C@@H](CCC(N)=O)C(=S)NC(Cc1c[nH]c2ccccc12)C(=O)C(C)(C)C.[W]. The van der Waals surface area contributed by atoms with Crippen LogP contribution < -0.4 is 16.4 Å². The number of para-hydroxylation sites is 1. The number of amides is 1. The van der Waals surface area contributed by atoms with Gasteiger partial charge >= 0.3 is 0 Å². The topological polar surface area (TPSA) is 100 Å². The van der Waals surface area contributed by atoms with Crippen molar-refractivity contribution in [1.29, 1.82) is 0 Å². The summed E-state index contributed by atoms with van der Waals surface area (Å²) in [6.45, 7) is 9.78. The Hall–Kier alpha value is -1.56. The molecule has 0 aliphatic rings. The minimum Gasteiger partial charge on any atom is -0.370 e. The summed E-state index contributed by atoms with van der Waals surface area (Å²) in [7, 11) is 0. The van der Waals surface area contributed by atoms with Crippen LogP contribution in [-0.4, -0.2) is 39.8 Å². The van der Waals surface area contributed by atoms with Crippen molar-refractivity contribution in [1.82, 2.24) is 15.6 Å². The Labute approximate surface area is 204 Å². The zero-order valence-corrected chi connectivity index (χ0v) is 22.7. The molecule has 2 aromatic rings. The third-order valence-electron chi connectivity index (χ3n) is 5.00. The maximum atomic E-state index is 13.2. The third-order valence-corrected chi connectivity index (χ3v) is 5.40. The first-order chi connectivity index (χ1) is 14.0. The zero-order valence-electron chi connectivity index (χ0n) is 19.0. The van der Waals surface area contributed by atoms with Gasteiger partial charge in [-0.1, -0.05) is 65.0 Å². The van der Waals surface area contributed by atoms with E-state index in [1.807, 2.05) is 65.1 Å². The summed E-state index contributed by atoms with van der Waals surface area (Å²) in [5, 5.41) is 7.79. The molecule has 5 N–H and O–H groups in total. The Balaban J connectivity index is 0.00000480. The Morgan fingerprint density at radius 2 is 1.81 bits per heavy atom. The summed E-state index contributed by atoms with van der Waals surface area (Å²) in [5.41, 5.74) is 6.92. The molecule has 0 spiro atoms. The Bertz CT molecular complexity index is 904. The van der Waals surface area contributed by atoms with E-state index in [0.29, 0.717) is 17.8 Å². The van der Waals surface area contributed by atoms with Crippen LogP contribution in [0.2, 0.25) is 0 Å². The molecule has 1 heterocycles. The van der Waals surface area contributed by atoms with Crippen LogP contribution >= 0.6 is 12.2 Å². The Morgan fingerprint density at radius 1 is 1.16 bits per heavy atom. The van der Waals surface area contributed by atoms with Crippen molar-refractivity contribution in [3.63, 3.8) is 0 Å². The van der Waals surface area contributed by atoms with Gasteiger partial charge in [0.1, 0.15) is 0 Å². The molecule has 1 amide bonds. The number of aromatic nitrogens is 1. The number of fused-ring (bicyclic) bond motifs is 1. The van der Waals surface area contributed by atoms with Gasteiger partial charge in [-0.15, -0.1) is 0 Å². The van der Waals surface area contributed by atoms with Gasteiger partial charge in [0.2, 0.25) is 5.91 Å². The van der Waals surface area contributed by atoms with Gasteiger partial charge in [0, 0.05) is 62.5 Å². The number of hydrogen-bond acceptors (Lipinski definition) is 4. The number of nitrogens with two attached hydrogens (primary N) is 1. The van der Waals surface area contributed by atoms with E-state index in [2.05, 4.69) is 15.6 Å². The second-order valence-electron chi connectivity index (χ2n) is 9.12. The summed E-state index contributed by atoms with van der Waals surface area (Å²) in [5.74, 6) is -0.275. The first-order valence-electron chi connectivity index (χ1n) is 10.4. The number of nitrogens with one attached hydrogen (secondary N) is 3. The second kappa shape index (κ2) is 11.9. The third kappa shape index (κ3) is 8.13. The van der Waals surface area contributed by atoms with E-state index in [0.717, 1.165) is 16.5 Å². The number of primary amides is 1. The monoisotopic (exact) mass is 614 g/mol. The maximum Gasteiger partial charge on any atom is 0.217 e. The average Bonchev–Trinajstić information content (AvgIpc) is 3.05. The molecule has 31 heavy (non-hydrogen) atoms. The van der Waals surface area contributed by atoms with Crippen molar-refractivity contribution >= 4 is 39.8 Å². The smallest absolute Gasteiger partial charge is 0.217 e. The van der Waals surface area contributed by atoms with E-state index in [1.165, 1.54) is 0 Å². The zero-order chi connectivity index (χ0) is 22.5. The van der Waals surface area contributed by atoms with E-state index in [1.54, 1.807) is 0 Å². The van der Waals surface area contributed by atoms with Crippen LogP contribution in [0.25, 0.3) is 10.9 Å². The molecule has 2 atom stereocenters. The predicted molar refractivity (Wildman–Crippen MR) is 126 cm³/mol. The molecule has 0 aliphatic heterocycles. The van der Waals surface area contributed by atoms with E-state index in [9.17, 15) is 9.59 Å². The molecule has 1 aromatic carbocycles.